The van der Waals surface area contributed by atoms with Crippen LogP contribution >= 0.6 is 15.9 Å². The predicted octanol–water partition coefficient (Wildman–Crippen LogP) is 4.80. The van der Waals surface area contributed by atoms with Gasteiger partial charge < -0.3 is 21.7 Å². The average Bonchev–Trinajstić information content (AvgIpc) is 3.03. The van der Waals surface area contributed by atoms with Crippen molar-refractivity contribution in [2.45, 2.75) is 69.4 Å². The van der Waals surface area contributed by atoms with Crippen molar-refractivity contribution in [2.24, 2.45) is 11.7 Å². The molecule has 232 valence electrons. The Morgan fingerprint density at radius 3 is 2.11 bits per heavy atom. The Labute approximate surface area is 267 Å². The summed E-state index contributed by atoms with van der Waals surface area (Å²) < 4.78 is 0.874. The molecule has 4 rings (SSSR count). The van der Waals surface area contributed by atoms with E-state index in [1.165, 1.54) is 7.05 Å². The van der Waals surface area contributed by atoms with Crippen LogP contribution in [-0.2, 0) is 27.2 Å². The number of carbonyl (C=O) groups is 4. The summed E-state index contributed by atoms with van der Waals surface area (Å²) in [5.41, 5.74) is 8.50. The monoisotopic (exact) mass is 660 g/mol. The van der Waals surface area contributed by atoms with Crippen LogP contribution in [0.5, 0.6) is 0 Å². The number of amides is 4. The fourth-order valence-corrected chi connectivity index (χ4v) is 6.44. The molecule has 8 nitrogen and oxygen atoms in total. The van der Waals surface area contributed by atoms with Crippen LogP contribution in [0.4, 0.5) is 0 Å². The van der Waals surface area contributed by atoms with E-state index in [4.69, 9.17) is 5.73 Å². The number of benzene rings is 3. The van der Waals surface area contributed by atoms with Gasteiger partial charge in [-0.1, -0.05) is 89.8 Å². The third-order valence-corrected chi connectivity index (χ3v) is 8.86. The molecule has 1 unspecified atom stereocenters. The SMILES string of the molecule is CNC(=O)[C@H](Cc1cccc(Br)c1)NC(=O)[C@H](CCc1ccc(C(N)=O)cc1)NC(=O)C(c1ccccc1)C1CCCCC1. The summed E-state index contributed by atoms with van der Waals surface area (Å²) in [5, 5.41) is 8.65. The number of hydrogen-bond donors (Lipinski definition) is 4. The van der Waals surface area contributed by atoms with Gasteiger partial charge in [-0.2, -0.15) is 0 Å². The summed E-state index contributed by atoms with van der Waals surface area (Å²) in [7, 11) is 1.53. The molecule has 1 fully saturated rings. The third-order valence-electron chi connectivity index (χ3n) is 8.36. The highest BCUT2D eigenvalue weighted by molar-refractivity contribution is 9.10. The van der Waals surface area contributed by atoms with Gasteiger partial charge in [0.1, 0.15) is 12.1 Å². The molecule has 3 aromatic rings. The second-order valence-corrected chi connectivity index (χ2v) is 12.4. The van der Waals surface area contributed by atoms with Crippen molar-refractivity contribution in [1.29, 1.82) is 0 Å². The zero-order chi connectivity index (χ0) is 31.5. The van der Waals surface area contributed by atoms with Gasteiger partial charge in [0.2, 0.25) is 23.6 Å². The fraction of sp³-hybridized carbons (Fsp3) is 0.371. The molecule has 0 bridgehead atoms. The lowest BCUT2D eigenvalue weighted by Gasteiger charge is -2.31. The molecule has 3 aromatic carbocycles. The van der Waals surface area contributed by atoms with Crippen LogP contribution in [0.25, 0.3) is 0 Å². The zero-order valence-electron chi connectivity index (χ0n) is 25.1. The molecule has 0 heterocycles. The highest BCUT2D eigenvalue weighted by Gasteiger charge is 2.34. The molecule has 9 heteroatoms. The maximum absolute atomic E-state index is 14.1. The summed E-state index contributed by atoms with van der Waals surface area (Å²) in [4.78, 5) is 52.4. The third kappa shape index (κ3) is 9.26. The van der Waals surface area contributed by atoms with Crippen molar-refractivity contribution in [1.82, 2.24) is 16.0 Å². The molecule has 4 amide bonds. The van der Waals surface area contributed by atoms with E-state index in [1.54, 1.807) is 24.3 Å². The number of halogens is 1. The lowest BCUT2D eigenvalue weighted by molar-refractivity contribution is -0.133. The van der Waals surface area contributed by atoms with Crippen molar-refractivity contribution < 1.29 is 19.2 Å². The number of likely N-dealkylation sites (N-methyl/N-ethyl adjacent to an activating group) is 1. The van der Waals surface area contributed by atoms with E-state index < -0.39 is 23.9 Å². The van der Waals surface area contributed by atoms with Crippen molar-refractivity contribution in [3.05, 3.63) is 106 Å². The van der Waals surface area contributed by atoms with Crippen molar-refractivity contribution in [3.8, 4) is 0 Å². The quantitative estimate of drug-likeness (QED) is 0.210. The first-order valence-corrected chi connectivity index (χ1v) is 16.0. The summed E-state index contributed by atoms with van der Waals surface area (Å²) in [6, 6.07) is 22.5. The largest absolute Gasteiger partial charge is 0.366 e. The minimum absolute atomic E-state index is 0.184. The summed E-state index contributed by atoms with van der Waals surface area (Å²) in [5.74, 6) is -1.64. The second-order valence-electron chi connectivity index (χ2n) is 11.5. The summed E-state index contributed by atoms with van der Waals surface area (Å²) in [6.07, 6.45) is 6.30. The van der Waals surface area contributed by atoms with Crippen LogP contribution in [-0.4, -0.2) is 42.8 Å². The van der Waals surface area contributed by atoms with Gasteiger partial charge in [0.05, 0.1) is 5.92 Å². The molecule has 1 aliphatic rings. The van der Waals surface area contributed by atoms with Crippen LogP contribution in [0.3, 0.4) is 0 Å². The van der Waals surface area contributed by atoms with E-state index in [2.05, 4.69) is 31.9 Å². The van der Waals surface area contributed by atoms with E-state index in [-0.39, 0.29) is 30.1 Å². The first kappa shape index (κ1) is 32.9. The Morgan fingerprint density at radius 1 is 0.795 bits per heavy atom. The molecule has 0 aromatic heterocycles. The van der Waals surface area contributed by atoms with Crippen LogP contribution in [0.15, 0.2) is 83.3 Å². The molecule has 0 saturated heterocycles. The van der Waals surface area contributed by atoms with Gasteiger partial charge in [0.15, 0.2) is 0 Å². The molecular weight excluding hydrogens is 620 g/mol. The Bertz CT molecular complexity index is 1420. The van der Waals surface area contributed by atoms with E-state index >= 15 is 0 Å². The number of aryl methyl sites for hydroxylation is 1. The number of nitrogens with two attached hydrogens (primary N) is 1. The number of rotatable bonds is 13. The molecule has 44 heavy (non-hydrogen) atoms. The van der Waals surface area contributed by atoms with E-state index in [0.717, 1.165) is 53.3 Å². The average molecular weight is 662 g/mol. The standard InChI is InChI=1S/C35H41BrN4O4/c1-38-33(42)30(22-24-9-8-14-28(36)21-24)40-34(43)29(20-17-23-15-18-27(19-16-23)32(37)41)39-35(44)31(25-10-4-2-5-11-25)26-12-6-3-7-13-26/h2,4-5,8-11,14-16,18-19,21,26,29-31H,3,6-7,12-13,17,20,22H2,1H3,(H2,37,41)(H,38,42)(H,39,44)(H,40,43)/t29-,30-,31?/m0/s1. The molecular formula is C35H41BrN4O4. The molecule has 1 aliphatic carbocycles. The second kappa shape index (κ2) is 16.2. The minimum atomic E-state index is -0.886. The van der Waals surface area contributed by atoms with Gasteiger partial charge in [0, 0.05) is 23.5 Å². The van der Waals surface area contributed by atoms with Crippen molar-refractivity contribution in [3.63, 3.8) is 0 Å². The summed E-state index contributed by atoms with van der Waals surface area (Å²) >= 11 is 3.47. The van der Waals surface area contributed by atoms with Crippen LogP contribution in [0.2, 0.25) is 0 Å². The lowest BCUT2D eigenvalue weighted by Crippen LogP contribution is -2.55. The molecule has 0 radical (unpaired) electrons. The Kier molecular flexibility index (Phi) is 12.1. The van der Waals surface area contributed by atoms with E-state index in [1.807, 2.05) is 54.6 Å². The van der Waals surface area contributed by atoms with Gasteiger partial charge in [-0.05, 0) is 72.6 Å². The number of carbonyl (C=O) groups excluding carboxylic acids is 4. The van der Waals surface area contributed by atoms with Gasteiger partial charge in [-0.15, -0.1) is 0 Å². The van der Waals surface area contributed by atoms with Crippen molar-refractivity contribution >= 4 is 39.6 Å². The minimum Gasteiger partial charge on any atom is -0.366 e. The number of nitrogens with one attached hydrogen (secondary N) is 3. The van der Waals surface area contributed by atoms with Crippen molar-refractivity contribution in [2.75, 3.05) is 7.05 Å². The van der Waals surface area contributed by atoms with Crippen LogP contribution in [0, 0.1) is 5.92 Å². The Balaban J connectivity index is 1.58. The first-order valence-electron chi connectivity index (χ1n) is 15.3. The molecule has 3 atom stereocenters. The summed E-state index contributed by atoms with van der Waals surface area (Å²) in [6.45, 7) is 0. The van der Waals surface area contributed by atoms with Gasteiger partial charge >= 0.3 is 0 Å². The van der Waals surface area contributed by atoms with Gasteiger partial charge in [-0.3, -0.25) is 19.2 Å². The first-order chi connectivity index (χ1) is 21.2. The molecule has 5 N–H and O–H groups in total. The van der Waals surface area contributed by atoms with Gasteiger partial charge in [0.25, 0.3) is 0 Å². The molecule has 1 saturated carbocycles. The number of hydrogen-bond acceptors (Lipinski definition) is 4. The van der Waals surface area contributed by atoms with Gasteiger partial charge in [-0.25, -0.2) is 0 Å². The predicted molar refractivity (Wildman–Crippen MR) is 175 cm³/mol. The normalized spacial score (nSPS) is 15.4. The maximum atomic E-state index is 14.1. The van der Waals surface area contributed by atoms with Crippen LogP contribution < -0.4 is 21.7 Å². The fourth-order valence-electron chi connectivity index (χ4n) is 6.00. The van der Waals surface area contributed by atoms with E-state index in [9.17, 15) is 19.2 Å². The Hall–Kier alpha value is -3.98. The topological polar surface area (TPSA) is 130 Å². The highest BCUT2D eigenvalue weighted by atomic mass is 79.9. The lowest BCUT2D eigenvalue weighted by atomic mass is 9.76. The smallest absolute Gasteiger partial charge is 0.248 e. The van der Waals surface area contributed by atoms with E-state index in [0.29, 0.717) is 18.4 Å². The molecule has 0 spiro atoms. The highest BCUT2D eigenvalue weighted by Crippen LogP contribution is 2.36. The molecule has 0 aliphatic heterocycles. The number of primary amides is 1. The van der Waals surface area contributed by atoms with Crippen LogP contribution in [0.1, 0.15) is 71.5 Å². The zero-order valence-corrected chi connectivity index (χ0v) is 26.6. The maximum Gasteiger partial charge on any atom is 0.248 e. The Morgan fingerprint density at radius 2 is 1.48 bits per heavy atom.